The molecule has 6 nitrogen and oxygen atoms in total. The topological polar surface area (TPSA) is 54.4 Å². The number of aryl methyl sites for hydroxylation is 1. The van der Waals surface area contributed by atoms with Crippen LogP contribution in [0.15, 0.2) is 36.7 Å². The molecule has 4 rings (SSSR count). The summed E-state index contributed by atoms with van der Waals surface area (Å²) >= 11 is 0. The molecule has 132 valence electrons. The van der Waals surface area contributed by atoms with Crippen LogP contribution >= 0.6 is 0 Å². The number of hydrogen-bond donors (Lipinski definition) is 0. The van der Waals surface area contributed by atoms with Crippen LogP contribution in [0.1, 0.15) is 24.2 Å². The molecule has 0 amide bonds. The number of piperidine rings is 1. The first-order valence-electron chi connectivity index (χ1n) is 9.03. The van der Waals surface area contributed by atoms with Crippen LogP contribution in [0.2, 0.25) is 0 Å². The predicted molar refractivity (Wildman–Crippen MR) is 96.4 cm³/mol. The first-order valence-corrected chi connectivity index (χ1v) is 9.03. The standard InChI is InChI=1S/C19H25N5O/c1-16-5-2-6-17(22-16)13-23-11-12-25-19(14-23)7-3-10-24(15-19)18-20-8-4-9-21-18/h2,4-6,8-9H,3,7,10-15H2,1H3/t19-/m1/s1. The normalized spacial score (nSPS) is 24.6. The average Bonchev–Trinajstić information content (AvgIpc) is 2.63. The van der Waals surface area contributed by atoms with Crippen LogP contribution in [-0.2, 0) is 11.3 Å². The van der Waals surface area contributed by atoms with E-state index in [0.29, 0.717) is 0 Å². The minimum Gasteiger partial charge on any atom is -0.370 e. The Morgan fingerprint density at radius 2 is 2.00 bits per heavy atom. The summed E-state index contributed by atoms with van der Waals surface area (Å²) in [5.74, 6) is 0.808. The maximum absolute atomic E-state index is 6.29. The van der Waals surface area contributed by atoms with Gasteiger partial charge in [0.15, 0.2) is 0 Å². The Morgan fingerprint density at radius 1 is 1.12 bits per heavy atom. The van der Waals surface area contributed by atoms with Gasteiger partial charge in [0.25, 0.3) is 0 Å². The highest BCUT2D eigenvalue weighted by atomic mass is 16.5. The molecule has 2 aliphatic heterocycles. The van der Waals surface area contributed by atoms with Crippen LogP contribution in [0.5, 0.6) is 0 Å². The first-order chi connectivity index (χ1) is 12.2. The van der Waals surface area contributed by atoms with E-state index in [2.05, 4.69) is 36.9 Å². The van der Waals surface area contributed by atoms with Crippen molar-refractivity contribution >= 4 is 5.95 Å². The molecule has 0 N–H and O–H groups in total. The third kappa shape index (κ3) is 3.80. The molecule has 0 bridgehead atoms. The van der Waals surface area contributed by atoms with Crippen LogP contribution in [0.4, 0.5) is 5.95 Å². The van der Waals surface area contributed by atoms with Gasteiger partial charge in [0.2, 0.25) is 5.95 Å². The maximum Gasteiger partial charge on any atom is 0.225 e. The van der Waals surface area contributed by atoms with Gasteiger partial charge in [-0.25, -0.2) is 9.97 Å². The van der Waals surface area contributed by atoms with E-state index in [1.54, 1.807) is 12.4 Å². The lowest BCUT2D eigenvalue weighted by Crippen LogP contribution is -2.59. The number of morpholine rings is 1. The van der Waals surface area contributed by atoms with E-state index in [-0.39, 0.29) is 5.60 Å². The SMILES string of the molecule is Cc1cccc(CN2CCO[C@]3(CCCN(c4ncccn4)C3)C2)n1. The van der Waals surface area contributed by atoms with Gasteiger partial charge in [-0.3, -0.25) is 9.88 Å². The molecule has 25 heavy (non-hydrogen) atoms. The van der Waals surface area contributed by atoms with Crippen molar-refractivity contribution in [3.63, 3.8) is 0 Å². The van der Waals surface area contributed by atoms with Gasteiger partial charge in [-0.2, -0.15) is 0 Å². The fourth-order valence-electron chi connectivity index (χ4n) is 3.95. The summed E-state index contributed by atoms with van der Waals surface area (Å²) in [5, 5.41) is 0. The number of nitrogens with zero attached hydrogens (tertiary/aromatic N) is 5. The lowest BCUT2D eigenvalue weighted by atomic mass is 9.90. The fourth-order valence-corrected chi connectivity index (χ4v) is 3.95. The first kappa shape index (κ1) is 16.4. The number of anilines is 1. The molecular formula is C19H25N5O. The second-order valence-corrected chi connectivity index (χ2v) is 7.09. The molecule has 1 atom stereocenters. The van der Waals surface area contributed by atoms with Gasteiger partial charge in [-0.05, 0) is 38.0 Å². The van der Waals surface area contributed by atoms with Crippen molar-refractivity contribution in [2.75, 3.05) is 37.7 Å². The minimum atomic E-state index is -0.125. The summed E-state index contributed by atoms with van der Waals surface area (Å²) in [7, 11) is 0. The van der Waals surface area contributed by atoms with Crippen LogP contribution in [0.25, 0.3) is 0 Å². The van der Waals surface area contributed by atoms with Gasteiger partial charge >= 0.3 is 0 Å². The highest BCUT2D eigenvalue weighted by molar-refractivity contribution is 5.31. The second-order valence-electron chi connectivity index (χ2n) is 7.09. The minimum absolute atomic E-state index is 0.125. The van der Waals surface area contributed by atoms with Crippen molar-refractivity contribution < 1.29 is 4.74 Å². The van der Waals surface area contributed by atoms with E-state index in [1.807, 2.05) is 19.1 Å². The largest absolute Gasteiger partial charge is 0.370 e. The number of hydrogen-bond acceptors (Lipinski definition) is 6. The molecule has 2 saturated heterocycles. The van der Waals surface area contributed by atoms with Gasteiger partial charge in [0.1, 0.15) is 0 Å². The summed E-state index contributed by atoms with van der Waals surface area (Å²) < 4.78 is 6.29. The summed E-state index contributed by atoms with van der Waals surface area (Å²) in [5.41, 5.74) is 2.08. The molecule has 0 aromatic carbocycles. The molecule has 0 saturated carbocycles. The van der Waals surface area contributed by atoms with Gasteiger partial charge in [0, 0.05) is 44.3 Å². The molecule has 0 unspecified atom stereocenters. The molecule has 2 fully saturated rings. The van der Waals surface area contributed by atoms with Crippen LogP contribution in [0.3, 0.4) is 0 Å². The van der Waals surface area contributed by atoms with Crippen molar-refractivity contribution in [2.24, 2.45) is 0 Å². The summed E-state index contributed by atoms with van der Waals surface area (Å²) in [4.78, 5) is 18.2. The Balaban J connectivity index is 1.46. The average molecular weight is 339 g/mol. The van der Waals surface area contributed by atoms with Gasteiger partial charge in [0.05, 0.1) is 24.4 Å². The summed E-state index contributed by atoms with van der Waals surface area (Å²) in [6.07, 6.45) is 5.81. The zero-order valence-electron chi connectivity index (χ0n) is 14.8. The van der Waals surface area contributed by atoms with Crippen molar-refractivity contribution in [2.45, 2.75) is 31.9 Å². The molecular weight excluding hydrogens is 314 g/mol. The van der Waals surface area contributed by atoms with E-state index in [4.69, 9.17) is 4.74 Å². The van der Waals surface area contributed by atoms with Crippen LogP contribution in [0, 0.1) is 6.92 Å². The van der Waals surface area contributed by atoms with E-state index < -0.39 is 0 Å². The molecule has 2 aromatic rings. The smallest absolute Gasteiger partial charge is 0.225 e. The van der Waals surface area contributed by atoms with Crippen molar-refractivity contribution in [1.29, 1.82) is 0 Å². The maximum atomic E-state index is 6.29. The Hall–Kier alpha value is -2.05. The summed E-state index contributed by atoms with van der Waals surface area (Å²) in [6.45, 7) is 7.45. The molecule has 4 heterocycles. The lowest BCUT2D eigenvalue weighted by molar-refractivity contribution is -0.116. The van der Waals surface area contributed by atoms with Gasteiger partial charge < -0.3 is 9.64 Å². The van der Waals surface area contributed by atoms with Crippen molar-refractivity contribution in [3.05, 3.63) is 48.0 Å². The van der Waals surface area contributed by atoms with Crippen molar-refractivity contribution in [1.82, 2.24) is 19.9 Å². The number of aromatic nitrogens is 3. The monoisotopic (exact) mass is 339 g/mol. The quantitative estimate of drug-likeness (QED) is 0.853. The van der Waals surface area contributed by atoms with Gasteiger partial charge in [-0.1, -0.05) is 6.07 Å². The Morgan fingerprint density at radius 3 is 2.84 bits per heavy atom. The molecule has 0 aliphatic carbocycles. The Bertz CT molecular complexity index is 706. The third-order valence-electron chi connectivity index (χ3n) is 5.03. The van der Waals surface area contributed by atoms with E-state index in [1.165, 1.54) is 0 Å². The predicted octanol–water partition coefficient (Wildman–Crippen LogP) is 2.05. The van der Waals surface area contributed by atoms with Crippen LogP contribution in [-0.4, -0.2) is 58.2 Å². The number of ether oxygens (including phenoxy) is 1. The van der Waals surface area contributed by atoms with Crippen LogP contribution < -0.4 is 4.90 Å². The number of pyridine rings is 1. The molecule has 6 heteroatoms. The highest BCUT2D eigenvalue weighted by Gasteiger charge is 2.41. The zero-order valence-corrected chi connectivity index (χ0v) is 14.8. The fraction of sp³-hybridized carbons (Fsp3) is 0.526. The van der Waals surface area contributed by atoms with E-state index in [0.717, 1.165) is 69.5 Å². The van der Waals surface area contributed by atoms with E-state index >= 15 is 0 Å². The Labute approximate surface area is 148 Å². The highest BCUT2D eigenvalue weighted by Crippen LogP contribution is 2.30. The zero-order chi connectivity index (χ0) is 17.1. The molecule has 0 radical (unpaired) electrons. The Kier molecular flexibility index (Phi) is 4.63. The summed E-state index contributed by atoms with van der Waals surface area (Å²) in [6, 6.07) is 8.10. The molecule has 2 aromatic heterocycles. The lowest BCUT2D eigenvalue weighted by Gasteiger charge is -2.48. The number of rotatable bonds is 3. The van der Waals surface area contributed by atoms with Crippen molar-refractivity contribution in [3.8, 4) is 0 Å². The third-order valence-corrected chi connectivity index (χ3v) is 5.03. The van der Waals surface area contributed by atoms with Gasteiger partial charge in [-0.15, -0.1) is 0 Å². The molecule has 1 spiro atoms. The second kappa shape index (κ2) is 7.06. The molecule has 2 aliphatic rings. The van der Waals surface area contributed by atoms with E-state index in [9.17, 15) is 0 Å².